The lowest BCUT2D eigenvalue weighted by Crippen LogP contribution is -2.59. The van der Waals surface area contributed by atoms with Crippen LogP contribution in [0.5, 0.6) is 0 Å². The van der Waals surface area contributed by atoms with Crippen LogP contribution in [0.2, 0.25) is 0 Å². The Morgan fingerprint density at radius 2 is 1.70 bits per heavy atom. The van der Waals surface area contributed by atoms with E-state index in [1.54, 1.807) is 18.7 Å². The first-order valence-corrected chi connectivity index (χ1v) is 7.20. The molecule has 0 aliphatic rings. The van der Waals surface area contributed by atoms with Crippen molar-refractivity contribution in [3.05, 3.63) is 0 Å². The molecule has 6 nitrogen and oxygen atoms in total. The van der Waals surface area contributed by atoms with Gasteiger partial charge < -0.3 is 20.2 Å². The summed E-state index contributed by atoms with van der Waals surface area (Å²) in [5.41, 5.74) is -1.18. The lowest BCUT2D eigenvalue weighted by atomic mass is 9.93. The second-order valence-corrected chi connectivity index (χ2v) is 5.42. The van der Waals surface area contributed by atoms with Crippen LogP contribution in [0.3, 0.4) is 0 Å². The molecule has 0 saturated carbocycles. The molecule has 0 fully saturated rings. The van der Waals surface area contributed by atoms with Gasteiger partial charge in [-0.25, -0.2) is 9.59 Å². The minimum Gasteiger partial charge on any atom is -0.480 e. The largest absolute Gasteiger partial charge is 0.480 e. The molecule has 0 saturated heterocycles. The highest BCUT2D eigenvalue weighted by atomic mass is 16.4. The zero-order valence-corrected chi connectivity index (χ0v) is 13.6. The van der Waals surface area contributed by atoms with E-state index in [1.807, 2.05) is 32.8 Å². The summed E-state index contributed by atoms with van der Waals surface area (Å²) in [6, 6.07) is -0.289. The molecule has 2 amide bonds. The van der Waals surface area contributed by atoms with Crippen LogP contribution >= 0.6 is 0 Å². The highest BCUT2D eigenvalue weighted by Gasteiger charge is 2.38. The Bertz CT molecular complexity index is 328. The number of carboxylic acid groups (broad SMARTS) is 1. The van der Waals surface area contributed by atoms with Crippen LogP contribution in [-0.2, 0) is 4.79 Å². The van der Waals surface area contributed by atoms with Crippen LogP contribution in [0.15, 0.2) is 0 Å². The molecule has 0 heterocycles. The molecule has 6 heteroatoms. The second kappa shape index (κ2) is 8.09. The first-order chi connectivity index (χ1) is 9.23. The molecule has 20 heavy (non-hydrogen) atoms. The summed E-state index contributed by atoms with van der Waals surface area (Å²) in [5.74, 6) is -0.979. The van der Waals surface area contributed by atoms with Crippen molar-refractivity contribution in [2.45, 2.75) is 52.1 Å². The summed E-state index contributed by atoms with van der Waals surface area (Å²) in [5, 5.41) is 12.1. The van der Waals surface area contributed by atoms with Crippen molar-refractivity contribution in [3.8, 4) is 0 Å². The van der Waals surface area contributed by atoms with Crippen molar-refractivity contribution in [1.82, 2.24) is 15.1 Å². The van der Waals surface area contributed by atoms with Crippen molar-refractivity contribution < 1.29 is 14.7 Å². The van der Waals surface area contributed by atoms with Gasteiger partial charge in [0.1, 0.15) is 5.54 Å². The maximum absolute atomic E-state index is 12.4. The highest BCUT2D eigenvalue weighted by Crippen LogP contribution is 2.16. The third kappa shape index (κ3) is 4.67. The van der Waals surface area contributed by atoms with Crippen LogP contribution in [-0.4, -0.2) is 65.7 Å². The third-order valence-corrected chi connectivity index (χ3v) is 3.73. The van der Waals surface area contributed by atoms with Gasteiger partial charge in [0.05, 0.1) is 0 Å². The van der Waals surface area contributed by atoms with Crippen molar-refractivity contribution in [3.63, 3.8) is 0 Å². The van der Waals surface area contributed by atoms with E-state index in [0.29, 0.717) is 19.4 Å². The molecule has 0 spiro atoms. The van der Waals surface area contributed by atoms with E-state index in [9.17, 15) is 14.7 Å². The minimum atomic E-state index is -1.18. The highest BCUT2D eigenvalue weighted by molar-refractivity contribution is 5.86. The van der Waals surface area contributed by atoms with E-state index in [1.165, 1.54) is 0 Å². The third-order valence-electron chi connectivity index (χ3n) is 3.73. The van der Waals surface area contributed by atoms with Crippen LogP contribution in [0.25, 0.3) is 0 Å². The van der Waals surface area contributed by atoms with Gasteiger partial charge >= 0.3 is 12.0 Å². The number of carbonyl (C=O) groups is 2. The van der Waals surface area contributed by atoms with Gasteiger partial charge in [-0.2, -0.15) is 0 Å². The van der Waals surface area contributed by atoms with Crippen LogP contribution < -0.4 is 5.32 Å². The van der Waals surface area contributed by atoms with Gasteiger partial charge in [-0.15, -0.1) is 0 Å². The summed E-state index contributed by atoms with van der Waals surface area (Å²) in [6.45, 7) is 8.69. The number of hydrogen-bond acceptors (Lipinski definition) is 3. The first-order valence-electron chi connectivity index (χ1n) is 7.20. The fourth-order valence-electron chi connectivity index (χ4n) is 2.34. The second-order valence-electron chi connectivity index (χ2n) is 5.42. The van der Waals surface area contributed by atoms with E-state index in [4.69, 9.17) is 0 Å². The molecule has 0 rings (SSSR count). The van der Waals surface area contributed by atoms with Crippen LogP contribution in [0, 0.1) is 0 Å². The van der Waals surface area contributed by atoms with Gasteiger partial charge in [0.25, 0.3) is 0 Å². The molecule has 0 radical (unpaired) electrons. The van der Waals surface area contributed by atoms with Gasteiger partial charge in [0.2, 0.25) is 0 Å². The maximum atomic E-state index is 12.4. The molecule has 0 aromatic rings. The van der Waals surface area contributed by atoms with E-state index >= 15 is 0 Å². The molecule has 0 aromatic heterocycles. The molecule has 0 aliphatic carbocycles. The molecular formula is C14H29N3O3. The maximum Gasteiger partial charge on any atom is 0.329 e. The van der Waals surface area contributed by atoms with Crippen molar-refractivity contribution in [1.29, 1.82) is 0 Å². The summed E-state index contributed by atoms with van der Waals surface area (Å²) in [7, 11) is 3.89. The molecule has 1 unspecified atom stereocenters. The summed E-state index contributed by atoms with van der Waals surface area (Å²) in [4.78, 5) is 27.5. The Morgan fingerprint density at radius 3 is 2.00 bits per heavy atom. The van der Waals surface area contributed by atoms with Gasteiger partial charge in [-0.1, -0.05) is 13.8 Å². The Kier molecular flexibility index (Phi) is 7.57. The SMILES string of the molecule is CCN(C(=O)NC(CC)(CC)C(=O)O)C(C)CN(C)C. The lowest BCUT2D eigenvalue weighted by Gasteiger charge is -2.35. The summed E-state index contributed by atoms with van der Waals surface area (Å²) in [6.07, 6.45) is 0.731. The number of nitrogens with one attached hydrogen (secondary N) is 1. The summed E-state index contributed by atoms with van der Waals surface area (Å²) >= 11 is 0. The monoisotopic (exact) mass is 287 g/mol. The summed E-state index contributed by atoms with van der Waals surface area (Å²) < 4.78 is 0. The number of nitrogens with zero attached hydrogens (tertiary/aromatic N) is 2. The topological polar surface area (TPSA) is 72.9 Å². The van der Waals surface area contributed by atoms with E-state index in [-0.39, 0.29) is 12.1 Å². The number of carbonyl (C=O) groups excluding carboxylic acids is 1. The van der Waals surface area contributed by atoms with Gasteiger partial charge in [0, 0.05) is 19.1 Å². The zero-order valence-electron chi connectivity index (χ0n) is 13.6. The predicted octanol–water partition coefficient (Wildman–Crippen LogP) is 1.61. The Hall–Kier alpha value is -1.30. The molecule has 1 atom stereocenters. The Labute approximate surface area is 122 Å². The average Bonchev–Trinajstić information content (AvgIpc) is 2.35. The fraction of sp³-hybridized carbons (Fsp3) is 0.857. The Morgan fingerprint density at radius 1 is 1.20 bits per heavy atom. The number of carboxylic acids is 1. The number of urea groups is 1. The van der Waals surface area contributed by atoms with Crippen LogP contribution in [0.1, 0.15) is 40.5 Å². The number of aliphatic carboxylic acids is 1. The van der Waals surface area contributed by atoms with Crippen molar-refractivity contribution in [2.24, 2.45) is 0 Å². The number of hydrogen-bond donors (Lipinski definition) is 2. The predicted molar refractivity (Wildman–Crippen MR) is 79.9 cm³/mol. The molecule has 2 N–H and O–H groups in total. The first kappa shape index (κ1) is 18.7. The van der Waals surface area contributed by atoms with Crippen molar-refractivity contribution >= 4 is 12.0 Å². The number of likely N-dealkylation sites (N-methyl/N-ethyl adjacent to an activating group) is 2. The molecule has 0 aliphatic heterocycles. The normalized spacial score (nSPS) is 13.2. The van der Waals surface area contributed by atoms with E-state index in [2.05, 4.69) is 5.32 Å². The standard InChI is InChI=1S/C14H29N3O3/c1-7-14(8-2,12(18)19)15-13(20)17(9-3)11(4)10-16(5)6/h11H,7-10H2,1-6H3,(H,15,20)(H,18,19). The smallest absolute Gasteiger partial charge is 0.329 e. The number of rotatable bonds is 8. The van der Waals surface area contributed by atoms with Gasteiger partial charge in [0.15, 0.2) is 0 Å². The zero-order chi connectivity index (χ0) is 15.9. The Balaban J connectivity index is 4.97. The lowest BCUT2D eigenvalue weighted by molar-refractivity contribution is -0.144. The minimum absolute atomic E-state index is 0.0233. The molecule has 0 aromatic carbocycles. The van der Waals surface area contributed by atoms with Crippen molar-refractivity contribution in [2.75, 3.05) is 27.2 Å². The van der Waals surface area contributed by atoms with Gasteiger partial charge in [-0.3, -0.25) is 0 Å². The van der Waals surface area contributed by atoms with Gasteiger partial charge in [-0.05, 0) is 40.8 Å². The molecule has 0 bridgehead atoms. The molecular weight excluding hydrogens is 258 g/mol. The van der Waals surface area contributed by atoms with Crippen LogP contribution in [0.4, 0.5) is 4.79 Å². The quantitative estimate of drug-likeness (QED) is 0.711. The molecule has 118 valence electrons. The van der Waals surface area contributed by atoms with E-state index in [0.717, 1.165) is 6.54 Å². The number of amides is 2. The average molecular weight is 287 g/mol. The fourth-order valence-corrected chi connectivity index (χ4v) is 2.34. The van der Waals surface area contributed by atoms with E-state index < -0.39 is 11.5 Å².